The summed E-state index contributed by atoms with van der Waals surface area (Å²) in [5.74, 6) is 0. The van der Waals surface area contributed by atoms with Crippen molar-refractivity contribution in [1.82, 2.24) is 9.80 Å². The zero-order valence-corrected chi connectivity index (χ0v) is 14.1. The van der Waals surface area contributed by atoms with E-state index in [2.05, 4.69) is 11.9 Å². The summed E-state index contributed by atoms with van der Waals surface area (Å²) in [5.41, 5.74) is 0. The van der Waals surface area contributed by atoms with E-state index in [9.17, 15) is 8.78 Å². The highest BCUT2D eigenvalue weighted by molar-refractivity contribution is 7.11. The molecule has 0 spiro atoms. The fraction of sp³-hybridized carbons (Fsp3) is 0.733. The van der Waals surface area contributed by atoms with Crippen molar-refractivity contribution in [2.75, 3.05) is 33.2 Å². The topological polar surface area (TPSA) is 15.7 Å². The number of hydrogen-bond donors (Lipinski definition) is 0. The van der Waals surface area contributed by atoms with Gasteiger partial charge in [-0.05, 0) is 45.0 Å². The van der Waals surface area contributed by atoms with E-state index in [1.54, 1.807) is 16.2 Å². The molecule has 21 heavy (non-hydrogen) atoms. The smallest absolute Gasteiger partial charge is 0.251 e. The minimum absolute atomic E-state index is 0.103. The molecule has 0 N–H and O–H groups in total. The summed E-state index contributed by atoms with van der Waals surface area (Å²) < 4.78 is 29.2. The molecule has 0 aliphatic carbocycles. The van der Waals surface area contributed by atoms with Crippen molar-refractivity contribution in [3.8, 4) is 5.06 Å². The van der Waals surface area contributed by atoms with Crippen LogP contribution in [0.2, 0.25) is 0 Å². The quantitative estimate of drug-likeness (QED) is 0.799. The molecular weight excluding hydrogens is 294 g/mol. The lowest BCUT2D eigenvalue weighted by Crippen LogP contribution is -2.51. The minimum atomic E-state index is -2.21. The fourth-order valence-electron chi connectivity index (χ4n) is 2.09. The Kier molecular flexibility index (Phi) is 8.14. The van der Waals surface area contributed by atoms with Gasteiger partial charge in [0.1, 0.15) is 6.10 Å². The molecule has 1 aliphatic rings. The number of rotatable bonds is 6. The number of ether oxygens (including phenoxy) is 1. The molecule has 0 atom stereocenters. The number of likely N-dealkylation sites (N-methyl/N-ethyl adjacent to an activating group) is 1. The van der Waals surface area contributed by atoms with E-state index < -0.39 is 6.43 Å². The van der Waals surface area contributed by atoms with Crippen molar-refractivity contribution in [3.05, 3.63) is 17.5 Å². The molecule has 0 radical (unpaired) electrons. The van der Waals surface area contributed by atoms with E-state index in [0.29, 0.717) is 12.6 Å². The number of thiophene rings is 1. The van der Waals surface area contributed by atoms with Crippen LogP contribution in [0, 0.1) is 0 Å². The van der Waals surface area contributed by atoms with Crippen LogP contribution in [0.1, 0.15) is 20.8 Å². The number of nitrogens with zero attached hydrogens (tertiary/aromatic N) is 2. The third-order valence-corrected chi connectivity index (χ3v) is 4.08. The monoisotopic (exact) mass is 320 g/mol. The zero-order chi connectivity index (χ0) is 15.8. The molecule has 0 aromatic carbocycles. The molecule has 2 heterocycles. The molecule has 0 amide bonds. The van der Waals surface area contributed by atoms with Gasteiger partial charge in [-0.15, -0.1) is 11.3 Å². The van der Waals surface area contributed by atoms with Crippen LogP contribution >= 0.6 is 11.3 Å². The maximum atomic E-state index is 11.8. The van der Waals surface area contributed by atoms with Crippen molar-refractivity contribution in [2.45, 2.75) is 39.3 Å². The van der Waals surface area contributed by atoms with Crippen molar-refractivity contribution >= 4 is 11.3 Å². The lowest BCUT2D eigenvalue weighted by molar-refractivity contribution is 0.0416. The molecule has 1 aromatic rings. The molecule has 1 fully saturated rings. The van der Waals surface area contributed by atoms with Crippen LogP contribution in [0.15, 0.2) is 17.5 Å². The van der Waals surface area contributed by atoms with E-state index in [4.69, 9.17) is 4.74 Å². The second-order valence-electron chi connectivity index (χ2n) is 5.47. The first-order valence-corrected chi connectivity index (χ1v) is 8.21. The van der Waals surface area contributed by atoms with Gasteiger partial charge < -0.3 is 4.74 Å². The van der Waals surface area contributed by atoms with Crippen LogP contribution < -0.4 is 4.74 Å². The van der Waals surface area contributed by atoms with Crippen LogP contribution in [0.5, 0.6) is 5.06 Å². The Labute approximate surface area is 130 Å². The van der Waals surface area contributed by atoms with Crippen LogP contribution in [0.3, 0.4) is 0 Å². The summed E-state index contributed by atoms with van der Waals surface area (Å²) in [4.78, 5) is 3.99. The maximum absolute atomic E-state index is 11.8. The highest BCUT2D eigenvalue weighted by Crippen LogP contribution is 2.22. The summed E-state index contributed by atoms with van der Waals surface area (Å²) >= 11 is 1.66. The highest BCUT2D eigenvalue weighted by atomic mass is 32.1. The van der Waals surface area contributed by atoms with Gasteiger partial charge in [-0.2, -0.15) is 0 Å². The molecule has 2 rings (SSSR count). The van der Waals surface area contributed by atoms with E-state index in [1.807, 2.05) is 38.3 Å². The molecule has 3 nitrogen and oxygen atoms in total. The molecule has 0 bridgehead atoms. The molecule has 1 aliphatic heterocycles. The number of likely N-dealkylation sites (tertiary alicyclic amines) is 1. The normalized spacial score (nSPS) is 16.0. The van der Waals surface area contributed by atoms with Crippen LogP contribution in [-0.2, 0) is 0 Å². The van der Waals surface area contributed by atoms with Crippen molar-refractivity contribution in [1.29, 1.82) is 0 Å². The average molecular weight is 320 g/mol. The Morgan fingerprint density at radius 1 is 1.43 bits per heavy atom. The van der Waals surface area contributed by atoms with E-state index in [0.717, 1.165) is 18.2 Å². The van der Waals surface area contributed by atoms with Gasteiger partial charge in [-0.3, -0.25) is 9.80 Å². The summed E-state index contributed by atoms with van der Waals surface area (Å²) in [7, 11) is 2.11. The van der Waals surface area contributed by atoms with Gasteiger partial charge in [0.25, 0.3) is 6.43 Å². The molecule has 1 aromatic heterocycles. The molecule has 0 unspecified atom stereocenters. The molecule has 6 heteroatoms. The van der Waals surface area contributed by atoms with Gasteiger partial charge in [0, 0.05) is 19.1 Å². The Hall–Kier alpha value is -0.720. The minimum Gasteiger partial charge on any atom is -0.478 e. The number of halogens is 2. The standard InChI is InChI=1S/C8H11NOS.C7H15F2N/c1-9-5-7(6-9)10-8-3-2-4-11-8;1-4-10(6(2)3)5-7(8)9/h2-4,7H,5-6H2,1H3;6-7H,4-5H2,1-3H3. The first kappa shape index (κ1) is 18.3. The molecular formula is C15H26F2N2OS. The largest absolute Gasteiger partial charge is 0.478 e. The predicted molar refractivity (Wildman–Crippen MR) is 84.6 cm³/mol. The van der Waals surface area contributed by atoms with Crippen LogP contribution in [0.4, 0.5) is 8.78 Å². The van der Waals surface area contributed by atoms with Gasteiger partial charge in [0.15, 0.2) is 5.06 Å². The van der Waals surface area contributed by atoms with Crippen molar-refractivity contribution in [2.24, 2.45) is 0 Å². The Balaban J connectivity index is 0.000000212. The summed E-state index contributed by atoms with van der Waals surface area (Å²) in [6.07, 6.45) is -1.78. The summed E-state index contributed by atoms with van der Waals surface area (Å²) in [6.45, 7) is 8.46. The van der Waals surface area contributed by atoms with Crippen molar-refractivity contribution < 1.29 is 13.5 Å². The first-order valence-electron chi connectivity index (χ1n) is 7.33. The predicted octanol–water partition coefficient (Wildman–Crippen LogP) is 3.42. The third-order valence-electron chi connectivity index (χ3n) is 3.32. The molecule has 122 valence electrons. The Bertz CT molecular complexity index is 368. The molecule has 0 saturated carbocycles. The number of hydrogen-bond acceptors (Lipinski definition) is 4. The highest BCUT2D eigenvalue weighted by Gasteiger charge is 2.24. The second-order valence-corrected chi connectivity index (χ2v) is 6.38. The summed E-state index contributed by atoms with van der Waals surface area (Å²) in [5, 5.41) is 3.08. The lowest BCUT2D eigenvalue weighted by atomic mass is 10.2. The Morgan fingerprint density at radius 2 is 2.10 bits per heavy atom. The van der Waals surface area contributed by atoms with Gasteiger partial charge >= 0.3 is 0 Å². The number of alkyl halides is 2. The third kappa shape index (κ3) is 7.20. The van der Waals surface area contributed by atoms with Gasteiger partial charge in [-0.25, -0.2) is 8.78 Å². The fourth-order valence-corrected chi connectivity index (χ4v) is 2.73. The SMILES string of the molecule is CCN(CC(F)F)C(C)C.CN1CC(Oc2cccs2)C1. The maximum Gasteiger partial charge on any atom is 0.251 e. The average Bonchev–Trinajstić information content (AvgIpc) is 2.87. The van der Waals surface area contributed by atoms with Crippen LogP contribution in [0.25, 0.3) is 0 Å². The van der Waals surface area contributed by atoms with Gasteiger partial charge in [-0.1, -0.05) is 6.92 Å². The van der Waals surface area contributed by atoms with Gasteiger partial charge in [0.05, 0.1) is 6.54 Å². The zero-order valence-electron chi connectivity index (χ0n) is 13.3. The Morgan fingerprint density at radius 3 is 2.43 bits per heavy atom. The van der Waals surface area contributed by atoms with Crippen LogP contribution in [-0.4, -0.2) is 61.6 Å². The molecule has 1 saturated heterocycles. The van der Waals surface area contributed by atoms with E-state index in [-0.39, 0.29) is 12.6 Å². The summed E-state index contributed by atoms with van der Waals surface area (Å²) in [6, 6.07) is 4.25. The first-order chi connectivity index (χ1) is 9.92. The van der Waals surface area contributed by atoms with Crippen molar-refractivity contribution in [3.63, 3.8) is 0 Å². The van der Waals surface area contributed by atoms with E-state index >= 15 is 0 Å². The van der Waals surface area contributed by atoms with E-state index in [1.165, 1.54) is 0 Å². The second kappa shape index (κ2) is 9.33. The van der Waals surface area contributed by atoms with Gasteiger partial charge in [0.2, 0.25) is 0 Å². The lowest BCUT2D eigenvalue weighted by Gasteiger charge is -2.35.